The average molecular weight is 483 g/mol. The summed E-state index contributed by atoms with van der Waals surface area (Å²) in [5.41, 5.74) is 2.00. The minimum absolute atomic E-state index is 0.630. The predicted molar refractivity (Wildman–Crippen MR) is 137 cm³/mol. The molecule has 2 fully saturated rings. The van der Waals surface area contributed by atoms with E-state index >= 15 is 0 Å². The molecule has 2 aliphatic rings. The second kappa shape index (κ2) is 10.7. The Kier molecular flexibility index (Phi) is 7.20. The maximum Gasteiger partial charge on any atom is 0.218 e. The summed E-state index contributed by atoms with van der Waals surface area (Å²) < 4.78 is 13.0. The Morgan fingerprint density at radius 1 is 0.971 bits per heavy atom. The van der Waals surface area contributed by atoms with E-state index in [2.05, 4.69) is 35.9 Å². The maximum absolute atomic E-state index is 5.49. The van der Waals surface area contributed by atoms with Crippen molar-refractivity contribution in [3.63, 3.8) is 0 Å². The molecule has 0 unspecified atom stereocenters. The van der Waals surface area contributed by atoms with E-state index in [9.17, 15) is 0 Å². The quantitative estimate of drug-likeness (QED) is 0.510. The van der Waals surface area contributed by atoms with Crippen LogP contribution in [0.25, 0.3) is 5.13 Å². The molecule has 1 saturated heterocycles. The molecule has 0 bridgehead atoms. The van der Waals surface area contributed by atoms with Gasteiger partial charge in [0.1, 0.15) is 11.5 Å². The van der Waals surface area contributed by atoms with Gasteiger partial charge in [0, 0.05) is 50.2 Å². The molecule has 182 valence electrons. The number of hydrogen-bond acceptors (Lipinski definition) is 8. The lowest BCUT2D eigenvalue weighted by molar-refractivity contribution is 0.148. The first-order chi connectivity index (χ1) is 16.7. The number of hydrogen-bond donors (Lipinski definition) is 1. The van der Waals surface area contributed by atoms with Crippen LogP contribution in [-0.2, 0) is 6.54 Å². The Balaban J connectivity index is 1.22. The molecular weight excluding hydrogens is 448 g/mol. The van der Waals surface area contributed by atoms with E-state index < -0.39 is 0 Å². The smallest absolute Gasteiger partial charge is 0.218 e. The average Bonchev–Trinajstić information content (AvgIpc) is 3.57. The van der Waals surface area contributed by atoms with E-state index in [4.69, 9.17) is 9.47 Å². The van der Waals surface area contributed by atoms with E-state index in [0.29, 0.717) is 6.54 Å². The van der Waals surface area contributed by atoms with Crippen molar-refractivity contribution < 1.29 is 9.47 Å². The molecule has 3 heterocycles. The van der Waals surface area contributed by atoms with Crippen LogP contribution in [0.1, 0.15) is 37.8 Å². The second-order valence-electron chi connectivity index (χ2n) is 8.97. The highest BCUT2D eigenvalue weighted by atomic mass is 32.1. The molecule has 1 saturated carbocycles. The van der Waals surface area contributed by atoms with Crippen LogP contribution >= 0.6 is 11.3 Å². The fourth-order valence-electron chi connectivity index (χ4n) is 5.04. The van der Waals surface area contributed by atoms with E-state index in [1.54, 1.807) is 25.6 Å². The molecule has 2 aromatic heterocycles. The van der Waals surface area contributed by atoms with E-state index in [0.717, 1.165) is 65.4 Å². The van der Waals surface area contributed by atoms with Gasteiger partial charge in [-0.15, -0.1) is 10.2 Å². The molecule has 1 aromatic carbocycles. The van der Waals surface area contributed by atoms with Crippen LogP contribution in [0.3, 0.4) is 0 Å². The van der Waals surface area contributed by atoms with E-state index in [-0.39, 0.29) is 0 Å². The topological polar surface area (TPSA) is 67.7 Å². The van der Waals surface area contributed by atoms with Crippen LogP contribution in [0.5, 0.6) is 11.5 Å². The summed E-state index contributed by atoms with van der Waals surface area (Å²) in [5, 5.41) is 14.4. The minimum Gasteiger partial charge on any atom is -0.497 e. The molecule has 8 nitrogen and oxygen atoms in total. The number of nitrogens with zero attached hydrogens (tertiary/aromatic N) is 5. The largest absolute Gasteiger partial charge is 0.497 e. The van der Waals surface area contributed by atoms with Crippen LogP contribution in [0.15, 0.2) is 36.5 Å². The molecule has 0 radical (unpaired) electrons. The Hall–Kier alpha value is -2.78. The minimum atomic E-state index is 0.630. The fourth-order valence-corrected chi connectivity index (χ4v) is 5.96. The third-order valence-electron chi connectivity index (χ3n) is 6.99. The van der Waals surface area contributed by atoms with E-state index in [1.807, 2.05) is 30.5 Å². The standard InChI is InChI=1S/C25H34N6O2S/c1-32-21-10-11-23(33-2)22(17-21)26-18-20-9-6-12-31(20)25-28-27-24(34-25)30-15-13-29(14-16-30)19-7-4-3-5-8-19/h6,9-12,17,19,26H,3-5,7-8,13-16,18H2,1-2H3. The molecule has 0 spiro atoms. The van der Waals surface area contributed by atoms with E-state index in [1.165, 1.54) is 32.1 Å². The molecule has 0 atom stereocenters. The van der Waals surface area contributed by atoms with Gasteiger partial charge in [0.2, 0.25) is 10.3 Å². The first-order valence-electron chi connectivity index (χ1n) is 12.2. The van der Waals surface area contributed by atoms with Crippen molar-refractivity contribution in [1.82, 2.24) is 19.7 Å². The Bertz CT molecular complexity index is 1070. The maximum atomic E-state index is 5.49. The third-order valence-corrected chi connectivity index (χ3v) is 7.97. The number of benzene rings is 1. The SMILES string of the molecule is COc1ccc(OC)c(NCc2cccn2-c2nnc(N3CCN(C4CCCCC4)CC3)s2)c1. The van der Waals surface area contributed by atoms with Crippen molar-refractivity contribution in [2.24, 2.45) is 0 Å². The van der Waals surface area contributed by atoms with Crippen molar-refractivity contribution in [3.8, 4) is 16.6 Å². The highest BCUT2D eigenvalue weighted by Gasteiger charge is 2.26. The Labute approximate surface area is 205 Å². The lowest BCUT2D eigenvalue weighted by Crippen LogP contribution is -2.50. The third kappa shape index (κ3) is 5.00. The number of anilines is 2. The molecule has 1 aliphatic carbocycles. The Morgan fingerprint density at radius 3 is 2.53 bits per heavy atom. The monoisotopic (exact) mass is 482 g/mol. The summed E-state index contributed by atoms with van der Waals surface area (Å²) in [6.45, 7) is 4.94. The van der Waals surface area contributed by atoms with Crippen molar-refractivity contribution in [1.29, 1.82) is 0 Å². The van der Waals surface area contributed by atoms with Crippen molar-refractivity contribution in [2.75, 3.05) is 50.6 Å². The molecule has 34 heavy (non-hydrogen) atoms. The number of ether oxygens (including phenoxy) is 2. The van der Waals surface area contributed by atoms with Crippen molar-refractivity contribution in [3.05, 3.63) is 42.2 Å². The van der Waals surface area contributed by atoms with Crippen molar-refractivity contribution in [2.45, 2.75) is 44.7 Å². The fraction of sp³-hybridized carbons (Fsp3) is 0.520. The number of methoxy groups -OCH3 is 2. The summed E-state index contributed by atoms with van der Waals surface area (Å²) >= 11 is 1.66. The summed E-state index contributed by atoms with van der Waals surface area (Å²) in [6, 6.07) is 10.7. The lowest BCUT2D eigenvalue weighted by atomic mass is 9.94. The number of aromatic nitrogens is 3. The zero-order chi connectivity index (χ0) is 23.3. The molecule has 0 amide bonds. The molecule has 9 heteroatoms. The normalized spacial score (nSPS) is 17.6. The van der Waals surface area contributed by atoms with Crippen LogP contribution < -0.4 is 19.7 Å². The van der Waals surface area contributed by atoms with Gasteiger partial charge in [-0.2, -0.15) is 0 Å². The molecule has 3 aromatic rings. The summed E-state index contributed by atoms with van der Waals surface area (Å²) in [4.78, 5) is 5.09. The number of rotatable bonds is 8. The molecule has 5 rings (SSSR count). The molecule has 1 N–H and O–H groups in total. The lowest BCUT2D eigenvalue weighted by Gasteiger charge is -2.40. The predicted octanol–water partition coefficient (Wildman–Crippen LogP) is 4.41. The van der Waals surface area contributed by atoms with Crippen LogP contribution in [0.2, 0.25) is 0 Å². The first kappa shape index (κ1) is 23.0. The van der Waals surface area contributed by atoms with Gasteiger partial charge in [-0.3, -0.25) is 9.47 Å². The van der Waals surface area contributed by atoms with Gasteiger partial charge in [-0.05, 0) is 37.1 Å². The van der Waals surface area contributed by atoms with Gasteiger partial charge in [-0.1, -0.05) is 30.6 Å². The zero-order valence-electron chi connectivity index (χ0n) is 20.1. The number of piperazine rings is 1. The molecule has 1 aliphatic heterocycles. The summed E-state index contributed by atoms with van der Waals surface area (Å²) in [5.74, 6) is 1.57. The van der Waals surface area contributed by atoms with Gasteiger partial charge in [0.15, 0.2) is 0 Å². The van der Waals surface area contributed by atoms with Crippen molar-refractivity contribution >= 4 is 22.2 Å². The van der Waals surface area contributed by atoms with Gasteiger partial charge < -0.3 is 19.7 Å². The van der Waals surface area contributed by atoms with Gasteiger partial charge in [0.05, 0.1) is 26.5 Å². The molecular formula is C25H34N6O2S. The van der Waals surface area contributed by atoms with Crippen LogP contribution in [-0.4, -0.2) is 66.1 Å². The summed E-state index contributed by atoms with van der Waals surface area (Å²) in [6.07, 6.45) is 8.98. The number of nitrogens with one attached hydrogen (secondary N) is 1. The van der Waals surface area contributed by atoms with Gasteiger partial charge in [0.25, 0.3) is 0 Å². The van der Waals surface area contributed by atoms with Crippen LogP contribution in [0.4, 0.5) is 10.8 Å². The van der Waals surface area contributed by atoms with Crippen LogP contribution in [0, 0.1) is 0 Å². The highest BCUT2D eigenvalue weighted by molar-refractivity contribution is 7.17. The van der Waals surface area contributed by atoms with Gasteiger partial charge in [-0.25, -0.2) is 0 Å². The zero-order valence-corrected chi connectivity index (χ0v) is 20.9. The summed E-state index contributed by atoms with van der Waals surface area (Å²) in [7, 11) is 3.34. The second-order valence-corrected chi connectivity index (χ2v) is 9.91. The Morgan fingerprint density at radius 2 is 1.76 bits per heavy atom. The highest BCUT2D eigenvalue weighted by Crippen LogP contribution is 2.31. The van der Waals surface area contributed by atoms with Gasteiger partial charge >= 0.3 is 0 Å². The first-order valence-corrected chi connectivity index (χ1v) is 13.0.